The van der Waals surface area contributed by atoms with Gasteiger partial charge in [0.25, 0.3) is 5.91 Å². The van der Waals surface area contributed by atoms with Gasteiger partial charge >= 0.3 is 12.1 Å². The summed E-state index contributed by atoms with van der Waals surface area (Å²) in [5.41, 5.74) is -2.58. The summed E-state index contributed by atoms with van der Waals surface area (Å²) in [6, 6.07) is -1.36. The highest BCUT2D eigenvalue weighted by Gasteiger charge is 2.54. The lowest BCUT2D eigenvalue weighted by Gasteiger charge is -2.36. The molecule has 4 rings (SSSR count). The average molecular weight is 521 g/mol. The van der Waals surface area contributed by atoms with E-state index in [1.54, 1.807) is 20.8 Å². The second-order valence-electron chi connectivity index (χ2n) is 9.18. The molecule has 15 nitrogen and oxygen atoms in total. The molecule has 36 heavy (non-hydrogen) atoms. The molecular formula is C20H24N8O7S. The molecule has 16 heteroatoms. The fourth-order valence-corrected chi connectivity index (χ4v) is 3.80. The number of amides is 3. The van der Waals surface area contributed by atoms with E-state index in [1.807, 2.05) is 0 Å². The Balaban J connectivity index is 1.51. The number of nitrogens with one attached hydrogen (secondary N) is 3. The minimum absolute atomic E-state index is 0.0114. The highest BCUT2D eigenvalue weighted by Crippen LogP contribution is 2.40. The molecule has 4 N–H and O–H groups in total. The molecular weight excluding hydrogens is 496 g/mol. The van der Waals surface area contributed by atoms with E-state index in [4.69, 9.17) is 9.57 Å². The number of carboxylic acids is 1. The second-order valence-corrected chi connectivity index (χ2v) is 10.0. The largest absolute Gasteiger partial charge is 0.478 e. The molecule has 1 aliphatic carbocycles. The minimum atomic E-state index is -1.51. The third-order valence-corrected chi connectivity index (χ3v) is 5.88. The molecule has 2 aromatic rings. The van der Waals surface area contributed by atoms with Crippen molar-refractivity contribution in [1.82, 2.24) is 30.4 Å². The van der Waals surface area contributed by atoms with Gasteiger partial charge in [0, 0.05) is 18.2 Å². The number of oxime groups is 1. The Hall–Kier alpha value is -4.08. The second kappa shape index (κ2) is 9.52. The van der Waals surface area contributed by atoms with Crippen LogP contribution in [0.3, 0.4) is 0 Å². The normalized spacial score (nSPS) is 20.5. The van der Waals surface area contributed by atoms with Crippen LogP contribution in [0.4, 0.5) is 9.93 Å². The molecule has 0 spiro atoms. The van der Waals surface area contributed by atoms with Gasteiger partial charge in [-0.05, 0) is 20.8 Å². The minimum Gasteiger partial charge on any atom is -0.478 e. The topological polar surface area (TPSA) is 199 Å². The first-order valence-electron chi connectivity index (χ1n) is 10.8. The Morgan fingerprint density at radius 1 is 1.36 bits per heavy atom. The molecule has 0 aromatic carbocycles. The van der Waals surface area contributed by atoms with Crippen LogP contribution < -0.4 is 16.0 Å². The third kappa shape index (κ3) is 5.76. The lowest BCUT2D eigenvalue weighted by Crippen LogP contribution is -2.70. The van der Waals surface area contributed by atoms with E-state index >= 15 is 0 Å². The molecule has 1 aliphatic heterocycles. The molecule has 0 bridgehead atoms. The highest BCUT2D eigenvalue weighted by atomic mass is 32.1. The van der Waals surface area contributed by atoms with Gasteiger partial charge in [-0.1, -0.05) is 5.16 Å². The van der Waals surface area contributed by atoms with Crippen LogP contribution in [0, 0.1) is 0 Å². The number of hydrogen-bond acceptors (Lipinski definition) is 11. The first-order chi connectivity index (χ1) is 17.0. The maximum atomic E-state index is 13.1. The van der Waals surface area contributed by atoms with Gasteiger partial charge in [0.05, 0.1) is 12.6 Å². The molecule has 192 valence electrons. The smallest absolute Gasteiger partial charge is 0.413 e. The summed E-state index contributed by atoms with van der Waals surface area (Å²) in [5, 5.41) is 26.4. The number of carboxylic acid groups (broad SMARTS) is 1. The van der Waals surface area contributed by atoms with Gasteiger partial charge in [0.1, 0.15) is 30.0 Å². The maximum Gasteiger partial charge on any atom is 0.413 e. The van der Waals surface area contributed by atoms with Gasteiger partial charge in [-0.3, -0.25) is 19.6 Å². The van der Waals surface area contributed by atoms with Crippen molar-refractivity contribution >= 4 is 46.1 Å². The number of hydrogen-bond donors (Lipinski definition) is 4. The van der Waals surface area contributed by atoms with Gasteiger partial charge < -0.3 is 25.3 Å². The number of carbonyl (C=O) groups is 4. The number of thiazole rings is 1. The zero-order chi connectivity index (χ0) is 26.1. The Kier molecular flexibility index (Phi) is 6.62. The van der Waals surface area contributed by atoms with Crippen LogP contribution in [0.1, 0.15) is 39.3 Å². The van der Waals surface area contributed by atoms with Gasteiger partial charge in [-0.2, -0.15) is 5.10 Å². The van der Waals surface area contributed by atoms with Crippen molar-refractivity contribution in [3.05, 3.63) is 23.7 Å². The van der Waals surface area contributed by atoms with E-state index in [0.717, 1.165) is 11.3 Å². The first-order valence-corrected chi connectivity index (χ1v) is 11.7. The summed E-state index contributed by atoms with van der Waals surface area (Å²) in [4.78, 5) is 62.0. The lowest BCUT2D eigenvalue weighted by molar-refractivity contribution is -0.153. The van der Waals surface area contributed by atoms with Crippen molar-refractivity contribution in [2.75, 3.05) is 5.32 Å². The number of β-lactam (4-membered cyclic amide) rings is 1. The van der Waals surface area contributed by atoms with Gasteiger partial charge in [0.2, 0.25) is 11.5 Å². The summed E-state index contributed by atoms with van der Waals surface area (Å²) in [7, 11) is 0. The summed E-state index contributed by atoms with van der Waals surface area (Å²) in [6.07, 6.45) is 2.53. The van der Waals surface area contributed by atoms with Crippen molar-refractivity contribution in [2.24, 2.45) is 5.16 Å². The number of anilines is 1. The molecule has 2 atom stereocenters. The van der Waals surface area contributed by atoms with E-state index in [9.17, 15) is 24.3 Å². The number of ether oxygens (including phenoxy) is 1. The standard InChI is InChI=1S/C20H24N8O7S/c1-19(2,3)34-18(33)26-17-24-11(7-36-17)13(27-35-20(4-5-20)16(31)32)15(30)25-12-10(23-14(12)29)6-28-9-21-8-22-28/h7-10,12H,4-6H2,1-3H3,(H,23,29)(H,25,30)(H,31,32)(H,24,26,33)/t10-,12-/m0/s1. The number of aromatic nitrogens is 4. The van der Waals surface area contributed by atoms with Crippen LogP contribution in [0.5, 0.6) is 0 Å². The summed E-state index contributed by atoms with van der Waals surface area (Å²) in [6.45, 7) is 5.38. The molecule has 0 radical (unpaired) electrons. The third-order valence-electron chi connectivity index (χ3n) is 5.12. The lowest BCUT2D eigenvalue weighted by atomic mass is 9.98. The van der Waals surface area contributed by atoms with Crippen molar-refractivity contribution < 1.29 is 33.9 Å². The molecule has 3 heterocycles. The van der Waals surface area contributed by atoms with Crippen molar-refractivity contribution in [3.8, 4) is 0 Å². The first kappa shape index (κ1) is 25.0. The van der Waals surface area contributed by atoms with E-state index in [1.165, 1.54) is 22.7 Å². The Morgan fingerprint density at radius 2 is 2.11 bits per heavy atom. The number of rotatable bonds is 9. The Bertz CT molecular complexity index is 1200. The summed E-state index contributed by atoms with van der Waals surface area (Å²) in [5.74, 6) is -2.43. The molecule has 1 saturated heterocycles. The number of nitrogens with zero attached hydrogens (tertiary/aromatic N) is 5. The van der Waals surface area contributed by atoms with Crippen LogP contribution >= 0.6 is 11.3 Å². The van der Waals surface area contributed by atoms with Crippen molar-refractivity contribution in [2.45, 2.75) is 63.4 Å². The van der Waals surface area contributed by atoms with Crippen LogP contribution in [0.2, 0.25) is 0 Å². The van der Waals surface area contributed by atoms with Crippen LogP contribution in [-0.2, 0) is 30.5 Å². The van der Waals surface area contributed by atoms with Gasteiger partial charge in [0.15, 0.2) is 10.8 Å². The van der Waals surface area contributed by atoms with E-state index < -0.39 is 47.2 Å². The quantitative estimate of drug-likeness (QED) is 0.200. The highest BCUT2D eigenvalue weighted by molar-refractivity contribution is 7.14. The predicted molar refractivity (Wildman–Crippen MR) is 123 cm³/mol. The average Bonchev–Trinajstić information content (AvgIpc) is 3.15. The van der Waals surface area contributed by atoms with Crippen LogP contribution in [0.25, 0.3) is 0 Å². The van der Waals surface area contributed by atoms with Gasteiger partial charge in [-0.15, -0.1) is 11.3 Å². The molecule has 1 saturated carbocycles. The molecule has 3 amide bonds. The molecule has 2 aromatic heterocycles. The molecule has 2 aliphatic rings. The van der Waals surface area contributed by atoms with Crippen LogP contribution in [0.15, 0.2) is 23.2 Å². The predicted octanol–water partition coefficient (Wildman–Crippen LogP) is 0.103. The van der Waals surface area contributed by atoms with Gasteiger partial charge in [-0.25, -0.2) is 19.6 Å². The van der Waals surface area contributed by atoms with Crippen molar-refractivity contribution in [3.63, 3.8) is 0 Å². The summed E-state index contributed by atoms with van der Waals surface area (Å²) < 4.78 is 6.69. The number of aliphatic carboxylic acids is 1. The van der Waals surface area contributed by atoms with E-state index in [2.05, 4.69) is 36.2 Å². The zero-order valence-electron chi connectivity index (χ0n) is 19.5. The molecule has 0 unspecified atom stereocenters. The van der Waals surface area contributed by atoms with Crippen LogP contribution in [-0.4, -0.2) is 77.7 Å². The fraction of sp³-hybridized carbons (Fsp3) is 0.500. The fourth-order valence-electron chi connectivity index (χ4n) is 3.12. The number of carbonyl (C=O) groups excluding carboxylic acids is 3. The maximum absolute atomic E-state index is 13.1. The Labute approximate surface area is 208 Å². The SMILES string of the molecule is CC(C)(C)OC(=O)Nc1nc(C(=NOC2(C(=O)O)CC2)C(=O)N[C@@H]2C(=O)N[C@H]2Cn2cncn2)cs1. The monoisotopic (exact) mass is 520 g/mol. The summed E-state index contributed by atoms with van der Waals surface area (Å²) >= 11 is 0.994. The Morgan fingerprint density at radius 3 is 2.69 bits per heavy atom. The zero-order valence-corrected chi connectivity index (χ0v) is 20.4. The van der Waals surface area contributed by atoms with E-state index in [0.29, 0.717) is 0 Å². The molecule has 2 fully saturated rings. The van der Waals surface area contributed by atoms with Crippen molar-refractivity contribution in [1.29, 1.82) is 0 Å². The van der Waals surface area contributed by atoms with E-state index in [-0.39, 0.29) is 35.9 Å².